The fourth-order valence-electron chi connectivity index (χ4n) is 2.79. The number of anilines is 1. The maximum atomic E-state index is 12.5. The van der Waals surface area contributed by atoms with Gasteiger partial charge in [0.2, 0.25) is 0 Å². The van der Waals surface area contributed by atoms with E-state index in [9.17, 15) is 18.0 Å². The zero-order valence-corrected chi connectivity index (χ0v) is 17.6. The van der Waals surface area contributed by atoms with Gasteiger partial charge in [-0.1, -0.05) is 6.07 Å². The number of carbonyl (C=O) groups is 2. The molecule has 1 heterocycles. The van der Waals surface area contributed by atoms with Crippen LogP contribution in [0, 0.1) is 13.8 Å². The largest absolute Gasteiger partial charge is 0.486 e. The van der Waals surface area contributed by atoms with Crippen LogP contribution in [-0.4, -0.2) is 45.9 Å². The molecule has 2 aromatic carbocycles. The Morgan fingerprint density at radius 1 is 1.00 bits per heavy atom. The Kier molecular flexibility index (Phi) is 6.61. The molecule has 0 fully saturated rings. The highest BCUT2D eigenvalue weighted by Gasteiger charge is 2.21. The van der Waals surface area contributed by atoms with Crippen molar-refractivity contribution in [1.82, 2.24) is 0 Å². The van der Waals surface area contributed by atoms with Gasteiger partial charge in [0.05, 0.1) is 17.1 Å². The van der Waals surface area contributed by atoms with E-state index in [-0.39, 0.29) is 11.3 Å². The van der Waals surface area contributed by atoms with Crippen molar-refractivity contribution in [2.75, 3.05) is 30.9 Å². The zero-order valence-electron chi connectivity index (χ0n) is 16.8. The van der Waals surface area contributed by atoms with Crippen LogP contribution < -0.4 is 14.8 Å². The van der Waals surface area contributed by atoms with Gasteiger partial charge < -0.3 is 19.5 Å². The van der Waals surface area contributed by atoms with E-state index in [1.54, 1.807) is 6.07 Å². The summed E-state index contributed by atoms with van der Waals surface area (Å²) >= 11 is 0. The van der Waals surface area contributed by atoms with Gasteiger partial charge in [-0.05, 0) is 49.2 Å². The van der Waals surface area contributed by atoms with Gasteiger partial charge in [0.15, 0.2) is 27.9 Å². The molecule has 1 aliphatic heterocycles. The molecule has 0 aliphatic carbocycles. The van der Waals surface area contributed by atoms with Crippen molar-refractivity contribution in [2.24, 2.45) is 0 Å². The molecule has 8 nitrogen and oxygen atoms in total. The summed E-state index contributed by atoms with van der Waals surface area (Å²) in [7, 11) is -3.72. The summed E-state index contributed by atoms with van der Waals surface area (Å²) in [5.41, 5.74) is 2.72. The highest BCUT2D eigenvalue weighted by molar-refractivity contribution is 7.91. The summed E-state index contributed by atoms with van der Waals surface area (Å²) in [6.07, 6.45) is -0.367. The Balaban J connectivity index is 1.48. The first-order valence-corrected chi connectivity index (χ1v) is 11.0. The zero-order chi connectivity index (χ0) is 21.7. The molecule has 0 spiro atoms. The van der Waals surface area contributed by atoms with Crippen LogP contribution in [0.1, 0.15) is 17.5 Å². The molecule has 0 unspecified atom stereocenters. The van der Waals surface area contributed by atoms with E-state index in [1.807, 2.05) is 26.0 Å². The van der Waals surface area contributed by atoms with E-state index in [0.29, 0.717) is 30.4 Å². The molecule has 0 aromatic heterocycles. The monoisotopic (exact) mass is 433 g/mol. The molecule has 9 heteroatoms. The third kappa shape index (κ3) is 5.50. The van der Waals surface area contributed by atoms with Crippen molar-refractivity contribution >= 4 is 27.4 Å². The maximum absolute atomic E-state index is 12.5. The Bertz CT molecular complexity index is 1060. The lowest BCUT2D eigenvalue weighted by Gasteiger charge is -2.18. The number of fused-ring (bicyclic) bond motifs is 1. The molecule has 1 N–H and O–H groups in total. The molecule has 1 aliphatic rings. The number of benzene rings is 2. The van der Waals surface area contributed by atoms with Gasteiger partial charge in [0, 0.05) is 11.8 Å². The maximum Gasteiger partial charge on any atom is 0.307 e. The minimum absolute atomic E-state index is 0.0343. The van der Waals surface area contributed by atoms with E-state index in [1.165, 1.54) is 18.2 Å². The molecule has 1 amide bonds. The summed E-state index contributed by atoms with van der Waals surface area (Å²) in [5.74, 6) is -0.875. The first kappa shape index (κ1) is 21.6. The van der Waals surface area contributed by atoms with Crippen LogP contribution in [0.5, 0.6) is 11.5 Å². The second-order valence-corrected chi connectivity index (χ2v) is 8.99. The highest BCUT2D eigenvalue weighted by Crippen LogP contribution is 2.32. The summed E-state index contributed by atoms with van der Waals surface area (Å²) in [6, 6.07) is 9.75. The first-order chi connectivity index (χ1) is 14.2. The summed E-state index contributed by atoms with van der Waals surface area (Å²) in [4.78, 5) is 23.9. The number of nitrogens with one attached hydrogen (secondary N) is 1. The number of carbonyl (C=O) groups excluding carboxylic acids is 2. The molecule has 0 bridgehead atoms. The van der Waals surface area contributed by atoms with Crippen LogP contribution in [-0.2, 0) is 24.2 Å². The summed E-state index contributed by atoms with van der Waals surface area (Å²) in [6.45, 7) is 4.14. The van der Waals surface area contributed by atoms with Gasteiger partial charge in [0.25, 0.3) is 5.91 Å². The summed E-state index contributed by atoms with van der Waals surface area (Å²) in [5, 5.41) is 2.63. The second kappa shape index (κ2) is 9.17. The van der Waals surface area contributed by atoms with Crippen LogP contribution in [0.4, 0.5) is 5.69 Å². The molecular weight excluding hydrogens is 410 g/mol. The van der Waals surface area contributed by atoms with Crippen LogP contribution in [0.2, 0.25) is 0 Å². The Labute approximate surface area is 175 Å². The summed E-state index contributed by atoms with van der Waals surface area (Å²) < 4.78 is 40.6. The van der Waals surface area contributed by atoms with Crippen molar-refractivity contribution in [3.8, 4) is 11.5 Å². The molecular formula is C21H23NO7S. The smallest absolute Gasteiger partial charge is 0.307 e. The third-order valence-electron chi connectivity index (χ3n) is 4.60. The Morgan fingerprint density at radius 2 is 1.73 bits per heavy atom. The second-order valence-electron chi connectivity index (χ2n) is 6.88. The van der Waals surface area contributed by atoms with E-state index in [4.69, 9.17) is 14.2 Å². The van der Waals surface area contributed by atoms with Crippen molar-refractivity contribution in [3.63, 3.8) is 0 Å². The topological polar surface area (TPSA) is 108 Å². The number of hydrogen-bond acceptors (Lipinski definition) is 7. The molecule has 3 rings (SSSR count). The molecule has 0 saturated heterocycles. The number of sulfone groups is 1. The molecule has 0 atom stereocenters. The first-order valence-electron chi connectivity index (χ1n) is 9.40. The third-order valence-corrected chi connectivity index (χ3v) is 6.32. The predicted molar refractivity (Wildman–Crippen MR) is 110 cm³/mol. The van der Waals surface area contributed by atoms with Gasteiger partial charge in [-0.15, -0.1) is 0 Å². The Hall–Kier alpha value is -3.07. The number of esters is 1. The lowest BCUT2D eigenvalue weighted by atomic mass is 10.1. The highest BCUT2D eigenvalue weighted by atomic mass is 32.2. The number of amides is 1. The van der Waals surface area contributed by atoms with E-state index in [2.05, 4.69) is 5.32 Å². The number of aryl methyl sites for hydroxylation is 2. The van der Waals surface area contributed by atoms with E-state index >= 15 is 0 Å². The van der Waals surface area contributed by atoms with Crippen LogP contribution in [0.15, 0.2) is 41.3 Å². The predicted octanol–water partition coefficient (Wildman–Crippen LogP) is 2.42. The minimum atomic E-state index is -3.72. The van der Waals surface area contributed by atoms with Crippen molar-refractivity contribution in [3.05, 3.63) is 47.5 Å². The average Bonchev–Trinajstić information content (AvgIpc) is 2.73. The lowest BCUT2D eigenvalue weighted by Crippen LogP contribution is -2.22. The fourth-order valence-corrected chi connectivity index (χ4v) is 4.02. The lowest BCUT2D eigenvalue weighted by molar-refractivity contribution is -0.146. The SMILES string of the molecule is Cc1ccc(NC(=O)COC(=O)CCS(=O)(=O)c2ccc3c(c2)OCCO3)cc1C. The molecule has 0 saturated carbocycles. The van der Waals surface area contributed by atoms with E-state index in [0.717, 1.165) is 11.1 Å². The quantitative estimate of drug-likeness (QED) is 0.668. The van der Waals surface area contributed by atoms with Gasteiger partial charge in [-0.3, -0.25) is 9.59 Å². The average molecular weight is 433 g/mol. The van der Waals surface area contributed by atoms with Gasteiger partial charge in [-0.2, -0.15) is 0 Å². The van der Waals surface area contributed by atoms with Crippen molar-refractivity contribution in [1.29, 1.82) is 0 Å². The van der Waals surface area contributed by atoms with Crippen molar-refractivity contribution in [2.45, 2.75) is 25.2 Å². The molecule has 30 heavy (non-hydrogen) atoms. The fraction of sp³-hybridized carbons (Fsp3) is 0.333. The van der Waals surface area contributed by atoms with Gasteiger partial charge >= 0.3 is 5.97 Å². The molecule has 0 radical (unpaired) electrons. The van der Waals surface area contributed by atoms with E-state index < -0.39 is 34.1 Å². The number of ether oxygens (including phenoxy) is 3. The van der Waals surface area contributed by atoms with Crippen molar-refractivity contribution < 1.29 is 32.2 Å². The van der Waals surface area contributed by atoms with Gasteiger partial charge in [-0.25, -0.2) is 8.42 Å². The minimum Gasteiger partial charge on any atom is -0.486 e. The normalized spacial score (nSPS) is 12.9. The Morgan fingerprint density at radius 3 is 2.47 bits per heavy atom. The standard InChI is InChI=1S/C21H23NO7S/c1-14-3-4-16(11-15(14)2)22-20(23)13-29-21(24)7-10-30(25,26)17-5-6-18-19(12-17)28-9-8-27-18/h3-6,11-12H,7-10,13H2,1-2H3,(H,22,23). The number of rotatable bonds is 7. The van der Waals surface area contributed by atoms with Crippen LogP contribution in [0.3, 0.4) is 0 Å². The molecule has 2 aromatic rings. The van der Waals surface area contributed by atoms with Crippen LogP contribution >= 0.6 is 0 Å². The number of hydrogen-bond donors (Lipinski definition) is 1. The van der Waals surface area contributed by atoms with Crippen LogP contribution in [0.25, 0.3) is 0 Å². The van der Waals surface area contributed by atoms with Gasteiger partial charge in [0.1, 0.15) is 13.2 Å². The molecule has 160 valence electrons.